The van der Waals surface area contributed by atoms with Gasteiger partial charge in [0, 0.05) is 28.2 Å². The molecule has 1 aliphatic heterocycles. The van der Waals surface area contributed by atoms with Gasteiger partial charge in [-0.15, -0.1) is 11.3 Å². The van der Waals surface area contributed by atoms with Gasteiger partial charge in [-0.3, -0.25) is 9.59 Å². The molecule has 2 amide bonds. The van der Waals surface area contributed by atoms with Crippen LogP contribution in [0.3, 0.4) is 0 Å². The zero-order valence-corrected chi connectivity index (χ0v) is 16.6. The molecule has 7 heteroatoms. The van der Waals surface area contributed by atoms with Crippen LogP contribution in [0.2, 0.25) is 10.0 Å². The van der Waals surface area contributed by atoms with Crippen LogP contribution in [0, 0.1) is 0 Å². The molecular weight excluding hydrogens is 403 g/mol. The van der Waals surface area contributed by atoms with Crippen LogP contribution < -0.4 is 5.32 Å². The van der Waals surface area contributed by atoms with Crippen molar-refractivity contribution in [2.45, 2.75) is 12.8 Å². The summed E-state index contributed by atoms with van der Waals surface area (Å²) >= 11 is 13.8. The molecule has 1 aromatic heterocycles. The Labute approximate surface area is 170 Å². The van der Waals surface area contributed by atoms with E-state index in [0.717, 1.165) is 36.0 Å². The monoisotopic (exact) mass is 418 g/mol. The highest BCUT2D eigenvalue weighted by Crippen LogP contribution is 2.36. The Balaban J connectivity index is 1.66. The number of carbonyl (C=O) groups is 2. The average molecular weight is 419 g/mol. The number of likely N-dealkylation sites (tertiary alicyclic amines) is 1. The maximum Gasteiger partial charge on any atom is 0.267 e. The minimum absolute atomic E-state index is 0.118. The quantitative estimate of drug-likeness (QED) is 0.593. The maximum atomic E-state index is 12.8. The number of nitrogens with zero attached hydrogens (tertiary/aromatic N) is 1. The van der Waals surface area contributed by atoms with E-state index in [1.807, 2.05) is 24.3 Å². The van der Waals surface area contributed by atoms with E-state index in [1.165, 1.54) is 11.3 Å². The third-order valence-electron chi connectivity index (χ3n) is 4.59. The van der Waals surface area contributed by atoms with Crippen LogP contribution in [-0.2, 0) is 0 Å². The molecule has 1 saturated heterocycles. The first-order valence-corrected chi connectivity index (χ1v) is 10.2. The fourth-order valence-electron chi connectivity index (χ4n) is 3.23. The van der Waals surface area contributed by atoms with Crippen LogP contribution in [-0.4, -0.2) is 29.8 Å². The first-order chi connectivity index (χ1) is 13.0. The lowest BCUT2D eigenvalue weighted by Crippen LogP contribution is -2.28. The van der Waals surface area contributed by atoms with Gasteiger partial charge < -0.3 is 10.2 Å². The van der Waals surface area contributed by atoms with E-state index in [0.29, 0.717) is 26.2 Å². The van der Waals surface area contributed by atoms with Crippen molar-refractivity contribution in [1.29, 1.82) is 0 Å². The number of carbonyl (C=O) groups excluding carboxylic acids is 2. The number of amides is 2. The van der Waals surface area contributed by atoms with Crippen LogP contribution in [0.25, 0.3) is 10.1 Å². The molecule has 2 heterocycles. The number of rotatable bonds is 3. The van der Waals surface area contributed by atoms with Crippen molar-refractivity contribution in [3.8, 4) is 0 Å². The van der Waals surface area contributed by atoms with Gasteiger partial charge in [0.25, 0.3) is 11.8 Å². The number of nitrogens with one attached hydrogen (secondary N) is 1. The molecule has 4 rings (SSSR count). The minimum Gasteiger partial charge on any atom is -0.339 e. The molecule has 0 atom stereocenters. The lowest BCUT2D eigenvalue weighted by atomic mass is 10.1. The van der Waals surface area contributed by atoms with Gasteiger partial charge in [-0.25, -0.2) is 0 Å². The van der Waals surface area contributed by atoms with Gasteiger partial charge >= 0.3 is 0 Å². The predicted molar refractivity (Wildman–Crippen MR) is 111 cm³/mol. The van der Waals surface area contributed by atoms with E-state index < -0.39 is 0 Å². The first-order valence-electron chi connectivity index (χ1n) is 8.62. The van der Waals surface area contributed by atoms with Crippen LogP contribution >= 0.6 is 34.5 Å². The SMILES string of the molecule is O=C(Nc1ccc(Cl)cc1C(=O)N1CCCC1)c1sc2ccccc2c1Cl. The summed E-state index contributed by atoms with van der Waals surface area (Å²) in [4.78, 5) is 27.9. The summed E-state index contributed by atoms with van der Waals surface area (Å²) in [7, 11) is 0. The lowest BCUT2D eigenvalue weighted by molar-refractivity contribution is 0.0794. The molecule has 0 radical (unpaired) electrons. The van der Waals surface area contributed by atoms with Gasteiger partial charge in [0.2, 0.25) is 0 Å². The summed E-state index contributed by atoms with van der Waals surface area (Å²) in [5, 5.41) is 4.57. The third kappa shape index (κ3) is 3.55. The molecule has 1 aliphatic rings. The highest BCUT2D eigenvalue weighted by Gasteiger charge is 2.24. The Morgan fingerprint density at radius 1 is 1.04 bits per heavy atom. The Morgan fingerprint density at radius 2 is 1.78 bits per heavy atom. The van der Waals surface area contributed by atoms with E-state index in [-0.39, 0.29) is 11.8 Å². The summed E-state index contributed by atoms with van der Waals surface area (Å²) in [6.45, 7) is 1.45. The van der Waals surface area contributed by atoms with E-state index in [9.17, 15) is 9.59 Å². The Morgan fingerprint density at radius 3 is 2.52 bits per heavy atom. The molecule has 0 bridgehead atoms. The van der Waals surface area contributed by atoms with Crippen LogP contribution in [0.5, 0.6) is 0 Å². The highest BCUT2D eigenvalue weighted by atomic mass is 35.5. The fraction of sp³-hybridized carbons (Fsp3) is 0.200. The summed E-state index contributed by atoms with van der Waals surface area (Å²) in [5.74, 6) is -0.452. The molecule has 0 saturated carbocycles. The molecule has 0 unspecified atom stereocenters. The third-order valence-corrected chi connectivity index (χ3v) is 6.50. The van der Waals surface area contributed by atoms with Crippen molar-refractivity contribution in [2.75, 3.05) is 18.4 Å². The Hall–Kier alpha value is -2.08. The molecule has 1 N–H and O–H groups in total. The van der Waals surface area contributed by atoms with E-state index in [2.05, 4.69) is 5.32 Å². The van der Waals surface area contributed by atoms with Gasteiger partial charge in [0.1, 0.15) is 4.88 Å². The molecule has 0 spiro atoms. The number of hydrogen-bond donors (Lipinski definition) is 1. The number of anilines is 1. The minimum atomic E-state index is -0.334. The topological polar surface area (TPSA) is 49.4 Å². The standard InChI is InChI=1S/C20H16Cl2N2O2S/c21-12-7-8-15(14(11-12)20(26)24-9-3-4-10-24)23-19(25)18-17(22)13-5-1-2-6-16(13)27-18/h1-2,5-8,11H,3-4,9-10H2,(H,23,25). The summed E-state index contributed by atoms with van der Waals surface area (Å²) in [6, 6.07) is 12.5. The lowest BCUT2D eigenvalue weighted by Gasteiger charge is -2.18. The Kier molecular flexibility index (Phi) is 5.08. The zero-order valence-electron chi connectivity index (χ0n) is 14.3. The molecule has 0 aliphatic carbocycles. The predicted octanol–water partition coefficient (Wildman–Crippen LogP) is 5.70. The van der Waals surface area contributed by atoms with Gasteiger partial charge in [0.05, 0.1) is 16.3 Å². The normalized spacial score (nSPS) is 13.9. The number of benzene rings is 2. The van der Waals surface area contributed by atoms with E-state index in [4.69, 9.17) is 23.2 Å². The van der Waals surface area contributed by atoms with E-state index >= 15 is 0 Å². The molecule has 2 aromatic carbocycles. The van der Waals surface area contributed by atoms with Gasteiger partial charge in [-0.05, 0) is 37.1 Å². The number of hydrogen-bond acceptors (Lipinski definition) is 3. The second-order valence-electron chi connectivity index (χ2n) is 6.38. The average Bonchev–Trinajstić information content (AvgIpc) is 3.31. The molecular formula is C20H16Cl2N2O2S. The van der Waals surface area contributed by atoms with Crippen molar-refractivity contribution < 1.29 is 9.59 Å². The van der Waals surface area contributed by atoms with Gasteiger partial charge in [0.15, 0.2) is 0 Å². The molecule has 138 valence electrons. The van der Waals surface area contributed by atoms with E-state index in [1.54, 1.807) is 23.1 Å². The Bertz CT molecular complexity index is 1040. The molecule has 4 nitrogen and oxygen atoms in total. The second kappa shape index (κ2) is 7.50. The highest BCUT2D eigenvalue weighted by molar-refractivity contribution is 7.21. The van der Waals surface area contributed by atoms with Crippen LogP contribution in [0.4, 0.5) is 5.69 Å². The van der Waals surface area contributed by atoms with Gasteiger partial charge in [-0.1, -0.05) is 41.4 Å². The summed E-state index contributed by atoms with van der Waals surface area (Å²) in [5.41, 5.74) is 0.838. The van der Waals surface area contributed by atoms with Crippen LogP contribution in [0.15, 0.2) is 42.5 Å². The fourth-order valence-corrected chi connectivity index (χ4v) is 4.82. The summed E-state index contributed by atoms with van der Waals surface area (Å²) in [6.07, 6.45) is 1.98. The zero-order chi connectivity index (χ0) is 19.0. The maximum absolute atomic E-state index is 12.8. The second-order valence-corrected chi connectivity index (χ2v) is 8.25. The number of halogens is 2. The first kappa shape index (κ1) is 18.3. The van der Waals surface area contributed by atoms with Gasteiger partial charge in [-0.2, -0.15) is 0 Å². The summed E-state index contributed by atoms with van der Waals surface area (Å²) < 4.78 is 0.942. The van der Waals surface area contributed by atoms with Crippen molar-refractivity contribution in [3.05, 3.63) is 63.0 Å². The van der Waals surface area contributed by atoms with Crippen LogP contribution in [0.1, 0.15) is 32.9 Å². The number of fused-ring (bicyclic) bond motifs is 1. The molecule has 3 aromatic rings. The van der Waals surface area contributed by atoms with Crippen molar-refractivity contribution in [1.82, 2.24) is 4.90 Å². The largest absolute Gasteiger partial charge is 0.339 e. The molecule has 1 fully saturated rings. The smallest absolute Gasteiger partial charge is 0.267 e. The number of thiophene rings is 1. The van der Waals surface area contributed by atoms with Crippen molar-refractivity contribution in [2.24, 2.45) is 0 Å². The van der Waals surface area contributed by atoms with Crippen molar-refractivity contribution >= 4 is 62.1 Å². The molecule has 27 heavy (non-hydrogen) atoms. The van der Waals surface area contributed by atoms with Crippen molar-refractivity contribution in [3.63, 3.8) is 0 Å².